The summed E-state index contributed by atoms with van der Waals surface area (Å²) in [4.78, 5) is 27.3. The molecule has 0 saturated carbocycles. The third-order valence-electron chi connectivity index (χ3n) is 1.89. The predicted octanol–water partition coefficient (Wildman–Crippen LogP) is -1.00. The fourth-order valence-electron chi connectivity index (χ4n) is 1.15. The number of ether oxygens (including phenoxy) is 2. The van der Waals surface area contributed by atoms with Gasteiger partial charge in [0.25, 0.3) is 0 Å². The van der Waals surface area contributed by atoms with Gasteiger partial charge >= 0.3 is 11.9 Å². The zero-order valence-corrected chi connectivity index (χ0v) is 7.46. The number of methoxy groups -OCH3 is 2. The SMILES string of the molecule is COC(=O)C1(C(=O)OC)CCON1. The summed E-state index contributed by atoms with van der Waals surface area (Å²) in [5, 5.41) is 0. The number of carbonyl (C=O) groups is 2. The van der Waals surface area contributed by atoms with Gasteiger partial charge in [-0.3, -0.25) is 0 Å². The first-order valence-corrected chi connectivity index (χ1v) is 3.73. The number of nitrogens with one attached hydrogen (secondary N) is 1. The molecule has 1 heterocycles. The van der Waals surface area contributed by atoms with E-state index >= 15 is 0 Å². The summed E-state index contributed by atoms with van der Waals surface area (Å²) >= 11 is 0. The van der Waals surface area contributed by atoms with Crippen LogP contribution in [0.2, 0.25) is 0 Å². The van der Waals surface area contributed by atoms with Crippen molar-refractivity contribution in [1.82, 2.24) is 5.48 Å². The first kappa shape index (κ1) is 9.94. The van der Waals surface area contributed by atoms with Crippen LogP contribution in [0, 0.1) is 0 Å². The molecule has 0 amide bonds. The molecular weight excluding hydrogens is 178 g/mol. The van der Waals surface area contributed by atoms with Crippen LogP contribution in [0.5, 0.6) is 0 Å². The van der Waals surface area contributed by atoms with E-state index < -0.39 is 17.5 Å². The van der Waals surface area contributed by atoms with Crippen molar-refractivity contribution in [3.8, 4) is 0 Å². The van der Waals surface area contributed by atoms with Gasteiger partial charge in [-0.15, -0.1) is 0 Å². The predicted molar refractivity (Wildman–Crippen MR) is 40.5 cm³/mol. The maximum atomic E-state index is 11.3. The Hall–Kier alpha value is -1.14. The lowest BCUT2D eigenvalue weighted by molar-refractivity contribution is -0.165. The van der Waals surface area contributed by atoms with E-state index in [1.165, 1.54) is 14.2 Å². The molecule has 1 aliphatic rings. The van der Waals surface area contributed by atoms with Crippen LogP contribution in [-0.2, 0) is 23.9 Å². The molecule has 0 aliphatic carbocycles. The summed E-state index contributed by atoms with van der Waals surface area (Å²) in [7, 11) is 2.40. The molecule has 1 rings (SSSR count). The summed E-state index contributed by atoms with van der Waals surface area (Å²) in [6, 6.07) is 0. The van der Waals surface area contributed by atoms with Crippen molar-refractivity contribution in [3.63, 3.8) is 0 Å². The van der Waals surface area contributed by atoms with E-state index in [-0.39, 0.29) is 13.0 Å². The van der Waals surface area contributed by atoms with E-state index in [0.717, 1.165) is 0 Å². The van der Waals surface area contributed by atoms with Crippen molar-refractivity contribution in [2.45, 2.75) is 12.0 Å². The van der Waals surface area contributed by atoms with Gasteiger partial charge in [-0.25, -0.2) is 9.59 Å². The second kappa shape index (κ2) is 3.71. The van der Waals surface area contributed by atoms with Gasteiger partial charge in [0.1, 0.15) is 0 Å². The fourth-order valence-corrected chi connectivity index (χ4v) is 1.15. The van der Waals surface area contributed by atoms with Crippen LogP contribution in [0.15, 0.2) is 0 Å². The molecule has 0 aromatic rings. The second-order valence-corrected chi connectivity index (χ2v) is 2.59. The summed E-state index contributed by atoms with van der Waals surface area (Å²) in [5.41, 5.74) is 0.840. The van der Waals surface area contributed by atoms with E-state index in [1.807, 2.05) is 0 Å². The summed E-state index contributed by atoms with van der Waals surface area (Å²) in [6.07, 6.45) is 0.215. The van der Waals surface area contributed by atoms with Crippen molar-refractivity contribution < 1.29 is 23.9 Å². The molecule has 0 spiro atoms. The molecule has 74 valence electrons. The minimum absolute atomic E-state index is 0.215. The van der Waals surface area contributed by atoms with Gasteiger partial charge in [0, 0.05) is 6.42 Å². The minimum Gasteiger partial charge on any atom is -0.467 e. The van der Waals surface area contributed by atoms with Crippen LogP contribution in [0.1, 0.15) is 6.42 Å². The first-order valence-electron chi connectivity index (χ1n) is 3.73. The highest BCUT2D eigenvalue weighted by molar-refractivity contribution is 6.04. The van der Waals surface area contributed by atoms with E-state index in [9.17, 15) is 9.59 Å². The molecule has 0 radical (unpaired) electrons. The summed E-state index contributed by atoms with van der Waals surface area (Å²) < 4.78 is 8.96. The van der Waals surface area contributed by atoms with Crippen LogP contribution in [0.25, 0.3) is 0 Å². The zero-order valence-electron chi connectivity index (χ0n) is 7.46. The Morgan fingerprint density at radius 3 is 2.15 bits per heavy atom. The van der Waals surface area contributed by atoms with Gasteiger partial charge in [-0.1, -0.05) is 0 Å². The highest BCUT2D eigenvalue weighted by Gasteiger charge is 2.51. The lowest BCUT2D eigenvalue weighted by Gasteiger charge is -2.20. The van der Waals surface area contributed by atoms with Gasteiger partial charge < -0.3 is 14.3 Å². The van der Waals surface area contributed by atoms with E-state index in [1.54, 1.807) is 0 Å². The summed E-state index contributed by atoms with van der Waals surface area (Å²) in [5.74, 6) is -1.39. The smallest absolute Gasteiger partial charge is 0.340 e. The normalized spacial score (nSPS) is 19.5. The Morgan fingerprint density at radius 1 is 1.31 bits per heavy atom. The number of hydrogen-bond acceptors (Lipinski definition) is 6. The maximum absolute atomic E-state index is 11.3. The van der Waals surface area contributed by atoms with Crippen LogP contribution in [0.4, 0.5) is 0 Å². The van der Waals surface area contributed by atoms with Crippen molar-refractivity contribution in [3.05, 3.63) is 0 Å². The van der Waals surface area contributed by atoms with E-state index in [4.69, 9.17) is 4.84 Å². The molecule has 0 aromatic heterocycles. The molecule has 13 heavy (non-hydrogen) atoms. The Balaban J connectivity index is 2.86. The van der Waals surface area contributed by atoms with Crippen LogP contribution >= 0.6 is 0 Å². The highest BCUT2D eigenvalue weighted by atomic mass is 16.7. The van der Waals surface area contributed by atoms with Crippen molar-refractivity contribution in [2.75, 3.05) is 20.8 Å². The number of hydrogen-bond donors (Lipinski definition) is 1. The molecule has 1 aliphatic heterocycles. The molecule has 0 aromatic carbocycles. The summed E-state index contributed by atoms with van der Waals surface area (Å²) in [6.45, 7) is 0.268. The Labute approximate surface area is 75.1 Å². The van der Waals surface area contributed by atoms with Gasteiger partial charge in [-0.05, 0) is 0 Å². The molecule has 1 saturated heterocycles. The highest BCUT2D eigenvalue weighted by Crippen LogP contribution is 2.19. The quantitative estimate of drug-likeness (QED) is 0.443. The molecule has 1 fully saturated rings. The maximum Gasteiger partial charge on any atom is 0.340 e. The van der Waals surface area contributed by atoms with Crippen molar-refractivity contribution >= 4 is 11.9 Å². The first-order chi connectivity index (χ1) is 6.17. The van der Waals surface area contributed by atoms with Gasteiger partial charge in [0.15, 0.2) is 0 Å². The molecule has 1 N–H and O–H groups in total. The fraction of sp³-hybridized carbons (Fsp3) is 0.714. The van der Waals surface area contributed by atoms with Crippen LogP contribution in [0.3, 0.4) is 0 Å². The van der Waals surface area contributed by atoms with E-state index in [0.29, 0.717) is 0 Å². The molecule has 6 nitrogen and oxygen atoms in total. The van der Waals surface area contributed by atoms with Crippen molar-refractivity contribution in [1.29, 1.82) is 0 Å². The Bertz CT molecular complexity index is 203. The lowest BCUT2D eigenvalue weighted by atomic mass is 9.98. The lowest BCUT2D eigenvalue weighted by Crippen LogP contribution is -2.55. The molecule has 0 unspecified atom stereocenters. The monoisotopic (exact) mass is 189 g/mol. The zero-order chi connectivity index (χ0) is 9.90. The van der Waals surface area contributed by atoms with E-state index in [2.05, 4.69) is 15.0 Å². The van der Waals surface area contributed by atoms with Crippen molar-refractivity contribution in [2.24, 2.45) is 0 Å². The largest absolute Gasteiger partial charge is 0.467 e. The molecule has 0 atom stereocenters. The number of rotatable bonds is 2. The average Bonchev–Trinajstić information content (AvgIpc) is 2.65. The molecule has 6 heteroatoms. The molecule has 0 bridgehead atoms. The minimum atomic E-state index is -1.48. The van der Waals surface area contributed by atoms with Crippen LogP contribution < -0.4 is 5.48 Å². The molecular formula is C7H11NO5. The third-order valence-corrected chi connectivity index (χ3v) is 1.89. The third kappa shape index (κ3) is 1.50. The second-order valence-electron chi connectivity index (χ2n) is 2.59. The average molecular weight is 189 g/mol. The standard InChI is InChI=1S/C7H11NO5/c1-11-5(9)7(6(10)12-2)3-4-13-8-7/h8H,3-4H2,1-2H3. The number of carbonyl (C=O) groups excluding carboxylic acids is 2. The van der Waals surface area contributed by atoms with Gasteiger partial charge in [0.2, 0.25) is 5.54 Å². The number of esters is 2. The topological polar surface area (TPSA) is 73.9 Å². The van der Waals surface area contributed by atoms with Gasteiger partial charge in [-0.2, -0.15) is 5.48 Å². The Kier molecular flexibility index (Phi) is 2.84. The van der Waals surface area contributed by atoms with Gasteiger partial charge in [0.05, 0.1) is 20.8 Å². The number of hydroxylamine groups is 1. The Morgan fingerprint density at radius 2 is 1.85 bits per heavy atom. The van der Waals surface area contributed by atoms with Crippen LogP contribution in [-0.4, -0.2) is 38.3 Å².